The number of hydrogen-bond donors (Lipinski definition) is 2. The first-order valence-corrected chi connectivity index (χ1v) is 8.25. The fourth-order valence-corrected chi connectivity index (χ4v) is 2.92. The van der Waals surface area contributed by atoms with Crippen LogP contribution in [0.1, 0.15) is 10.4 Å². The van der Waals surface area contributed by atoms with Crippen LogP contribution in [0, 0.1) is 0 Å². The lowest BCUT2D eigenvalue weighted by molar-refractivity contribution is 0.102. The standard InChI is InChI=1S/C16H11Cl2N3OS/c17-11-6-5-9(7-12(11)18)15(22)20-13-4-2-1-3-10(13)14-8-23-16(19)21-14/h1-8H,(H2,19,21)(H,20,22). The lowest BCUT2D eigenvalue weighted by Crippen LogP contribution is -2.12. The quantitative estimate of drug-likeness (QED) is 0.691. The van der Waals surface area contributed by atoms with E-state index in [0.29, 0.717) is 26.4 Å². The van der Waals surface area contributed by atoms with Crippen LogP contribution in [0.2, 0.25) is 10.0 Å². The second kappa shape index (κ2) is 6.58. The maximum Gasteiger partial charge on any atom is 0.255 e. The van der Waals surface area contributed by atoms with Gasteiger partial charge in [-0.1, -0.05) is 41.4 Å². The van der Waals surface area contributed by atoms with Crippen molar-refractivity contribution in [2.24, 2.45) is 0 Å². The van der Waals surface area contributed by atoms with Crippen LogP contribution < -0.4 is 11.1 Å². The molecule has 0 aliphatic rings. The van der Waals surface area contributed by atoms with Gasteiger partial charge in [-0.2, -0.15) is 0 Å². The predicted molar refractivity (Wildman–Crippen MR) is 96.4 cm³/mol. The van der Waals surface area contributed by atoms with Crippen molar-refractivity contribution >= 4 is 51.3 Å². The van der Waals surface area contributed by atoms with Crippen LogP contribution in [0.5, 0.6) is 0 Å². The number of benzene rings is 2. The Morgan fingerprint density at radius 2 is 1.91 bits per heavy atom. The van der Waals surface area contributed by atoms with Gasteiger partial charge < -0.3 is 11.1 Å². The molecule has 1 heterocycles. The predicted octanol–water partition coefficient (Wildman–Crippen LogP) is 4.95. The number of nitrogens with one attached hydrogen (secondary N) is 1. The van der Waals surface area contributed by atoms with Crippen molar-refractivity contribution in [2.75, 3.05) is 11.1 Å². The van der Waals surface area contributed by atoms with Crippen LogP contribution in [0.15, 0.2) is 47.8 Å². The van der Waals surface area contributed by atoms with E-state index in [1.165, 1.54) is 17.4 Å². The summed E-state index contributed by atoms with van der Waals surface area (Å²) < 4.78 is 0. The van der Waals surface area contributed by atoms with Crippen LogP contribution in [0.25, 0.3) is 11.3 Å². The lowest BCUT2D eigenvalue weighted by atomic mass is 10.1. The summed E-state index contributed by atoms with van der Waals surface area (Å²) in [4.78, 5) is 16.7. The van der Waals surface area contributed by atoms with Crippen molar-refractivity contribution in [3.63, 3.8) is 0 Å². The van der Waals surface area contributed by atoms with E-state index in [1.54, 1.807) is 18.2 Å². The first-order valence-electron chi connectivity index (χ1n) is 6.61. The molecule has 1 amide bonds. The van der Waals surface area contributed by atoms with E-state index in [9.17, 15) is 4.79 Å². The normalized spacial score (nSPS) is 10.5. The number of carbonyl (C=O) groups is 1. The molecule has 7 heteroatoms. The van der Waals surface area contributed by atoms with Gasteiger partial charge in [0.25, 0.3) is 5.91 Å². The topological polar surface area (TPSA) is 68.0 Å². The number of amides is 1. The van der Waals surface area contributed by atoms with Gasteiger partial charge >= 0.3 is 0 Å². The van der Waals surface area contributed by atoms with Crippen LogP contribution in [0.4, 0.5) is 10.8 Å². The third-order valence-corrected chi connectivity index (χ3v) is 4.57. The maximum atomic E-state index is 12.4. The van der Waals surface area contributed by atoms with E-state index in [1.807, 2.05) is 23.6 Å². The molecule has 1 aromatic heterocycles. The molecule has 23 heavy (non-hydrogen) atoms. The zero-order valence-corrected chi connectivity index (χ0v) is 14.0. The van der Waals surface area contributed by atoms with Crippen LogP contribution >= 0.6 is 34.5 Å². The molecule has 0 fully saturated rings. The molecule has 3 aromatic rings. The molecule has 0 saturated carbocycles. The molecule has 0 bridgehead atoms. The van der Waals surface area contributed by atoms with Crippen LogP contribution in [-0.2, 0) is 0 Å². The summed E-state index contributed by atoms with van der Waals surface area (Å²) in [5.41, 5.74) is 8.27. The second-order valence-corrected chi connectivity index (χ2v) is 6.40. The Labute approximate surface area is 146 Å². The Balaban J connectivity index is 1.91. The fourth-order valence-electron chi connectivity index (χ4n) is 2.06. The average molecular weight is 364 g/mol. The number of aromatic nitrogens is 1. The van der Waals surface area contributed by atoms with E-state index in [2.05, 4.69) is 10.3 Å². The van der Waals surface area contributed by atoms with E-state index in [-0.39, 0.29) is 5.91 Å². The molecule has 0 spiro atoms. The van der Waals surface area contributed by atoms with Gasteiger partial charge in [0.15, 0.2) is 5.13 Å². The Morgan fingerprint density at radius 1 is 1.13 bits per heavy atom. The summed E-state index contributed by atoms with van der Waals surface area (Å²) in [6, 6.07) is 12.1. The number of halogens is 2. The summed E-state index contributed by atoms with van der Waals surface area (Å²) >= 11 is 13.2. The first-order chi connectivity index (χ1) is 11.0. The van der Waals surface area contributed by atoms with Gasteiger partial charge in [0, 0.05) is 16.5 Å². The molecule has 0 radical (unpaired) electrons. The Hall–Kier alpha value is -2.08. The van der Waals surface area contributed by atoms with Gasteiger partial charge in [-0.05, 0) is 24.3 Å². The number of para-hydroxylation sites is 1. The third-order valence-electron chi connectivity index (χ3n) is 3.15. The third kappa shape index (κ3) is 3.47. The highest BCUT2D eigenvalue weighted by Crippen LogP contribution is 2.30. The second-order valence-electron chi connectivity index (χ2n) is 4.70. The Bertz CT molecular complexity index is 879. The number of anilines is 2. The zero-order chi connectivity index (χ0) is 16.4. The zero-order valence-electron chi connectivity index (χ0n) is 11.7. The molecule has 0 atom stereocenters. The van der Waals surface area contributed by atoms with Crippen molar-refractivity contribution in [3.8, 4) is 11.3 Å². The van der Waals surface area contributed by atoms with Crippen LogP contribution in [-0.4, -0.2) is 10.9 Å². The number of nitrogens with two attached hydrogens (primary N) is 1. The average Bonchev–Trinajstić information content (AvgIpc) is 2.97. The summed E-state index contributed by atoms with van der Waals surface area (Å²) in [5, 5.41) is 5.93. The molecular formula is C16H11Cl2N3OS. The molecule has 116 valence electrons. The van der Waals surface area contributed by atoms with Crippen LogP contribution in [0.3, 0.4) is 0 Å². The van der Waals surface area contributed by atoms with Crippen molar-refractivity contribution < 1.29 is 4.79 Å². The number of carbonyl (C=O) groups excluding carboxylic acids is 1. The van der Waals surface area contributed by atoms with Gasteiger partial charge in [-0.15, -0.1) is 11.3 Å². The monoisotopic (exact) mass is 363 g/mol. The number of rotatable bonds is 3. The largest absolute Gasteiger partial charge is 0.375 e. The molecule has 0 unspecified atom stereocenters. The highest BCUT2D eigenvalue weighted by molar-refractivity contribution is 7.13. The number of nitrogen functional groups attached to an aromatic ring is 1. The minimum atomic E-state index is -0.279. The maximum absolute atomic E-state index is 12.4. The highest BCUT2D eigenvalue weighted by Gasteiger charge is 2.13. The summed E-state index contributed by atoms with van der Waals surface area (Å²) in [6.07, 6.45) is 0. The van der Waals surface area contributed by atoms with E-state index in [4.69, 9.17) is 28.9 Å². The van der Waals surface area contributed by atoms with Gasteiger partial charge in [0.1, 0.15) is 0 Å². The van der Waals surface area contributed by atoms with Gasteiger partial charge in [0.2, 0.25) is 0 Å². The van der Waals surface area contributed by atoms with Crippen molar-refractivity contribution in [1.29, 1.82) is 0 Å². The van der Waals surface area contributed by atoms with E-state index >= 15 is 0 Å². The number of nitrogens with zero attached hydrogens (tertiary/aromatic N) is 1. The molecular weight excluding hydrogens is 353 g/mol. The fraction of sp³-hybridized carbons (Fsp3) is 0. The first kappa shape index (κ1) is 15.8. The SMILES string of the molecule is Nc1nc(-c2ccccc2NC(=O)c2ccc(Cl)c(Cl)c2)cs1. The lowest BCUT2D eigenvalue weighted by Gasteiger charge is -2.10. The van der Waals surface area contributed by atoms with E-state index < -0.39 is 0 Å². The Morgan fingerprint density at radius 3 is 2.61 bits per heavy atom. The van der Waals surface area contributed by atoms with Gasteiger partial charge in [-0.3, -0.25) is 4.79 Å². The minimum Gasteiger partial charge on any atom is -0.375 e. The van der Waals surface area contributed by atoms with Crippen molar-refractivity contribution in [3.05, 3.63) is 63.5 Å². The van der Waals surface area contributed by atoms with E-state index in [0.717, 1.165) is 11.3 Å². The molecule has 4 nitrogen and oxygen atoms in total. The number of thiazole rings is 1. The summed E-state index contributed by atoms with van der Waals surface area (Å²) in [6.45, 7) is 0. The summed E-state index contributed by atoms with van der Waals surface area (Å²) in [5.74, 6) is -0.279. The molecule has 3 rings (SSSR count). The molecule has 0 aliphatic heterocycles. The smallest absolute Gasteiger partial charge is 0.255 e. The molecule has 3 N–H and O–H groups in total. The molecule has 2 aromatic carbocycles. The Kier molecular flexibility index (Phi) is 4.52. The van der Waals surface area contributed by atoms with Gasteiger partial charge in [-0.25, -0.2) is 4.98 Å². The van der Waals surface area contributed by atoms with Gasteiger partial charge in [0.05, 0.1) is 21.4 Å². The van der Waals surface area contributed by atoms with Crippen molar-refractivity contribution in [1.82, 2.24) is 4.98 Å². The molecule has 0 saturated heterocycles. The minimum absolute atomic E-state index is 0.279. The van der Waals surface area contributed by atoms with Crippen molar-refractivity contribution in [2.45, 2.75) is 0 Å². The molecule has 0 aliphatic carbocycles. The summed E-state index contributed by atoms with van der Waals surface area (Å²) in [7, 11) is 0. The number of hydrogen-bond acceptors (Lipinski definition) is 4. The highest BCUT2D eigenvalue weighted by atomic mass is 35.5.